The second-order valence-corrected chi connectivity index (χ2v) is 6.81. The van der Waals surface area contributed by atoms with Gasteiger partial charge in [0.25, 0.3) is 0 Å². The van der Waals surface area contributed by atoms with Gasteiger partial charge in [-0.3, -0.25) is 4.79 Å². The normalized spacial score (nSPS) is 10.4. The van der Waals surface area contributed by atoms with Crippen LogP contribution in [-0.4, -0.2) is 27.0 Å². The number of nitrogens with zero attached hydrogens (tertiary/aromatic N) is 2. The number of hydrogen-bond donors (Lipinski definition) is 2. The monoisotopic (exact) mass is 359 g/mol. The van der Waals surface area contributed by atoms with Gasteiger partial charge in [0.15, 0.2) is 4.34 Å². The van der Waals surface area contributed by atoms with Crippen molar-refractivity contribution in [3.63, 3.8) is 0 Å². The molecule has 0 saturated heterocycles. The molecule has 8 heteroatoms. The molecule has 0 aliphatic heterocycles. The van der Waals surface area contributed by atoms with Crippen LogP contribution in [0, 0.1) is 6.92 Å². The highest BCUT2D eigenvalue weighted by Gasteiger charge is 2.07. The van der Waals surface area contributed by atoms with Crippen molar-refractivity contribution in [2.75, 3.05) is 11.1 Å². The standard InChI is InChI=1S/C11H10BrN3O2S2/c1-6-2-7(12)4-8(3-6)13-10-14-15-11(19-10)18-5-9(16)17/h2-4H,5H2,1H3,(H,13,14)(H,16,17). The first-order valence-corrected chi connectivity index (χ1v) is 7.85. The number of carboxylic acid groups (broad SMARTS) is 1. The molecular weight excluding hydrogens is 350 g/mol. The summed E-state index contributed by atoms with van der Waals surface area (Å²) in [5.41, 5.74) is 2.04. The lowest BCUT2D eigenvalue weighted by atomic mass is 10.2. The van der Waals surface area contributed by atoms with Crippen LogP contribution in [-0.2, 0) is 4.79 Å². The molecule has 5 nitrogen and oxygen atoms in total. The zero-order valence-corrected chi connectivity index (χ0v) is 13.1. The van der Waals surface area contributed by atoms with E-state index in [2.05, 4.69) is 31.4 Å². The van der Waals surface area contributed by atoms with E-state index >= 15 is 0 Å². The molecule has 0 atom stereocenters. The molecule has 0 amide bonds. The number of anilines is 2. The van der Waals surface area contributed by atoms with Crippen molar-refractivity contribution in [3.8, 4) is 0 Å². The fourth-order valence-electron chi connectivity index (χ4n) is 1.37. The highest BCUT2D eigenvalue weighted by Crippen LogP contribution is 2.28. The Balaban J connectivity index is 2.05. The number of halogens is 1. The minimum absolute atomic E-state index is 0.00930. The van der Waals surface area contributed by atoms with Gasteiger partial charge in [-0.2, -0.15) is 0 Å². The van der Waals surface area contributed by atoms with E-state index in [-0.39, 0.29) is 5.75 Å². The molecule has 2 rings (SSSR count). The first-order chi connectivity index (χ1) is 9.02. The Hall–Kier alpha value is -1.12. The van der Waals surface area contributed by atoms with Crippen molar-refractivity contribution in [3.05, 3.63) is 28.2 Å². The molecule has 0 spiro atoms. The number of thioether (sulfide) groups is 1. The van der Waals surface area contributed by atoms with E-state index in [0.717, 1.165) is 27.5 Å². The zero-order valence-electron chi connectivity index (χ0n) is 9.88. The van der Waals surface area contributed by atoms with Gasteiger partial charge in [-0.05, 0) is 30.7 Å². The van der Waals surface area contributed by atoms with Gasteiger partial charge in [-0.15, -0.1) is 10.2 Å². The molecule has 0 radical (unpaired) electrons. The third kappa shape index (κ3) is 4.48. The third-order valence-electron chi connectivity index (χ3n) is 2.02. The molecule has 0 aliphatic carbocycles. The number of rotatable bonds is 5. The van der Waals surface area contributed by atoms with Crippen LogP contribution in [0.2, 0.25) is 0 Å². The highest BCUT2D eigenvalue weighted by molar-refractivity contribution is 9.10. The quantitative estimate of drug-likeness (QED) is 0.795. The van der Waals surface area contributed by atoms with Crippen molar-refractivity contribution in [1.29, 1.82) is 0 Å². The molecule has 0 fully saturated rings. The molecule has 19 heavy (non-hydrogen) atoms. The first kappa shape index (κ1) is 14.3. The molecule has 2 aromatic rings. The summed E-state index contributed by atoms with van der Waals surface area (Å²) in [4.78, 5) is 10.5. The maximum Gasteiger partial charge on any atom is 0.313 e. The van der Waals surface area contributed by atoms with Gasteiger partial charge in [0, 0.05) is 10.2 Å². The number of hydrogen-bond acceptors (Lipinski definition) is 6. The summed E-state index contributed by atoms with van der Waals surface area (Å²) in [6, 6.07) is 5.95. The number of aliphatic carboxylic acids is 1. The van der Waals surface area contributed by atoms with Crippen LogP contribution in [0.4, 0.5) is 10.8 Å². The number of benzene rings is 1. The average Bonchev–Trinajstić information content (AvgIpc) is 2.72. The predicted molar refractivity (Wildman–Crippen MR) is 80.4 cm³/mol. The summed E-state index contributed by atoms with van der Waals surface area (Å²) >= 11 is 5.93. The Morgan fingerprint density at radius 2 is 2.26 bits per heavy atom. The predicted octanol–water partition coefficient (Wildman–Crippen LogP) is 3.53. The number of carboxylic acids is 1. The van der Waals surface area contributed by atoms with Crippen LogP contribution in [0.25, 0.3) is 0 Å². The number of carbonyl (C=O) groups is 1. The number of aryl methyl sites for hydroxylation is 1. The fourth-order valence-corrected chi connectivity index (χ4v) is 3.47. The second-order valence-electron chi connectivity index (χ2n) is 3.70. The molecular formula is C11H10BrN3O2S2. The van der Waals surface area contributed by atoms with Gasteiger partial charge in [0.05, 0.1) is 5.75 Å². The third-order valence-corrected chi connectivity index (χ3v) is 4.43. The Labute approximate surface area is 126 Å². The Morgan fingerprint density at radius 3 is 2.95 bits per heavy atom. The summed E-state index contributed by atoms with van der Waals surface area (Å²) in [5.74, 6) is -0.873. The first-order valence-electron chi connectivity index (χ1n) is 5.25. The summed E-state index contributed by atoms with van der Waals surface area (Å²) in [7, 11) is 0. The van der Waals surface area contributed by atoms with Crippen LogP contribution < -0.4 is 5.32 Å². The van der Waals surface area contributed by atoms with Crippen LogP contribution in [0.3, 0.4) is 0 Å². The average molecular weight is 360 g/mol. The van der Waals surface area contributed by atoms with Crippen LogP contribution in [0.5, 0.6) is 0 Å². The zero-order chi connectivity index (χ0) is 13.8. The van der Waals surface area contributed by atoms with E-state index in [1.807, 2.05) is 25.1 Å². The largest absolute Gasteiger partial charge is 0.481 e. The molecule has 0 aliphatic rings. The van der Waals surface area contributed by atoms with Gasteiger partial charge >= 0.3 is 5.97 Å². The maximum absolute atomic E-state index is 10.5. The summed E-state index contributed by atoms with van der Waals surface area (Å²) < 4.78 is 1.62. The molecule has 1 aromatic carbocycles. The molecule has 0 saturated carbocycles. The van der Waals surface area contributed by atoms with Crippen LogP contribution in [0.15, 0.2) is 27.0 Å². The van der Waals surface area contributed by atoms with E-state index < -0.39 is 5.97 Å². The molecule has 1 heterocycles. The van der Waals surface area contributed by atoms with Gasteiger partial charge in [0.1, 0.15) is 0 Å². The molecule has 1 aromatic heterocycles. The maximum atomic E-state index is 10.5. The van der Waals surface area contributed by atoms with Gasteiger partial charge in [-0.1, -0.05) is 39.0 Å². The summed E-state index contributed by atoms with van der Waals surface area (Å²) in [6.07, 6.45) is 0. The lowest BCUT2D eigenvalue weighted by Crippen LogP contribution is -1.96. The number of nitrogens with one attached hydrogen (secondary N) is 1. The molecule has 100 valence electrons. The Kier molecular flexibility index (Phi) is 4.78. The lowest BCUT2D eigenvalue weighted by Gasteiger charge is -2.03. The fraction of sp³-hybridized carbons (Fsp3) is 0.182. The summed E-state index contributed by atoms with van der Waals surface area (Å²) in [6.45, 7) is 2.00. The van der Waals surface area contributed by atoms with Crippen molar-refractivity contribution < 1.29 is 9.90 Å². The van der Waals surface area contributed by atoms with E-state index in [1.54, 1.807) is 0 Å². The lowest BCUT2D eigenvalue weighted by molar-refractivity contribution is -0.133. The van der Waals surface area contributed by atoms with Crippen LogP contribution >= 0.6 is 39.0 Å². The van der Waals surface area contributed by atoms with E-state index in [4.69, 9.17) is 5.11 Å². The Bertz CT molecular complexity index is 583. The van der Waals surface area contributed by atoms with Crippen molar-refractivity contribution in [1.82, 2.24) is 10.2 Å². The van der Waals surface area contributed by atoms with Crippen molar-refractivity contribution in [2.45, 2.75) is 11.3 Å². The molecule has 2 N–H and O–H groups in total. The second kappa shape index (κ2) is 6.36. The molecule has 0 unspecified atom stereocenters. The SMILES string of the molecule is Cc1cc(Br)cc(Nc2nnc(SCC(=O)O)s2)c1. The van der Waals surface area contributed by atoms with Gasteiger partial charge in [0.2, 0.25) is 5.13 Å². The smallest absolute Gasteiger partial charge is 0.313 e. The van der Waals surface area contributed by atoms with Crippen molar-refractivity contribution >= 4 is 55.8 Å². The number of aromatic nitrogens is 2. The molecule has 0 bridgehead atoms. The van der Waals surface area contributed by atoms with E-state index in [9.17, 15) is 4.79 Å². The van der Waals surface area contributed by atoms with Crippen LogP contribution in [0.1, 0.15) is 5.56 Å². The Morgan fingerprint density at radius 1 is 1.47 bits per heavy atom. The van der Waals surface area contributed by atoms with Gasteiger partial charge < -0.3 is 10.4 Å². The van der Waals surface area contributed by atoms with E-state index in [0.29, 0.717) is 9.47 Å². The van der Waals surface area contributed by atoms with E-state index in [1.165, 1.54) is 11.3 Å². The van der Waals surface area contributed by atoms with Crippen molar-refractivity contribution in [2.24, 2.45) is 0 Å². The summed E-state index contributed by atoms with van der Waals surface area (Å²) in [5, 5.41) is 20.3. The van der Waals surface area contributed by atoms with Gasteiger partial charge in [-0.25, -0.2) is 0 Å². The highest BCUT2D eigenvalue weighted by atomic mass is 79.9. The topological polar surface area (TPSA) is 75.1 Å². The minimum atomic E-state index is -0.864. The minimum Gasteiger partial charge on any atom is -0.481 e.